The van der Waals surface area contributed by atoms with Gasteiger partial charge >= 0.3 is 0 Å². The summed E-state index contributed by atoms with van der Waals surface area (Å²) < 4.78 is 39.9. The fraction of sp³-hybridized carbons (Fsp3) is 0.391. The number of amides is 2. The van der Waals surface area contributed by atoms with Crippen LogP contribution in [0.25, 0.3) is 0 Å². The van der Waals surface area contributed by atoms with Crippen LogP contribution in [-0.2, 0) is 26.2 Å². The molecule has 180 valence electrons. The van der Waals surface area contributed by atoms with Gasteiger partial charge in [0.05, 0.1) is 11.9 Å². The molecule has 0 bridgehead atoms. The number of rotatable bonds is 10. The summed E-state index contributed by atoms with van der Waals surface area (Å²) in [6.45, 7) is 5.56. The van der Waals surface area contributed by atoms with E-state index in [4.69, 9.17) is 0 Å². The molecule has 0 aliphatic heterocycles. The summed E-state index contributed by atoms with van der Waals surface area (Å²) in [5, 5.41) is 2.82. The van der Waals surface area contributed by atoms with Gasteiger partial charge in [-0.15, -0.1) is 0 Å². The summed E-state index contributed by atoms with van der Waals surface area (Å²) in [5.74, 6) is -1.18. The van der Waals surface area contributed by atoms with Gasteiger partial charge in [0, 0.05) is 17.6 Å². The Morgan fingerprint density at radius 1 is 1.09 bits per heavy atom. The maximum Gasteiger partial charge on any atom is 0.244 e. The molecule has 2 amide bonds. The third-order valence-corrected chi connectivity index (χ3v) is 6.52. The van der Waals surface area contributed by atoms with Crippen molar-refractivity contribution < 1.29 is 22.4 Å². The molecule has 0 heterocycles. The average molecular weight is 542 g/mol. The molecule has 0 radical (unpaired) electrons. The largest absolute Gasteiger partial charge is 0.354 e. The predicted octanol–water partition coefficient (Wildman–Crippen LogP) is 3.54. The summed E-state index contributed by atoms with van der Waals surface area (Å²) >= 11 is 3.40. The van der Waals surface area contributed by atoms with E-state index in [9.17, 15) is 22.4 Å². The molecule has 7 nitrogen and oxygen atoms in total. The van der Waals surface area contributed by atoms with E-state index in [-0.39, 0.29) is 24.1 Å². The zero-order valence-electron chi connectivity index (χ0n) is 19.1. The molecule has 1 atom stereocenters. The van der Waals surface area contributed by atoms with Crippen molar-refractivity contribution in [3.05, 3.63) is 64.4 Å². The van der Waals surface area contributed by atoms with Crippen molar-refractivity contribution in [2.45, 2.75) is 33.4 Å². The van der Waals surface area contributed by atoms with Crippen LogP contribution >= 0.6 is 15.9 Å². The van der Waals surface area contributed by atoms with Crippen LogP contribution in [0.2, 0.25) is 0 Å². The molecule has 0 unspecified atom stereocenters. The van der Waals surface area contributed by atoms with Gasteiger partial charge in [-0.25, -0.2) is 12.8 Å². The minimum Gasteiger partial charge on any atom is -0.354 e. The Hall–Kier alpha value is -2.46. The second kappa shape index (κ2) is 11.6. The first-order valence-electron chi connectivity index (χ1n) is 10.4. The summed E-state index contributed by atoms with van der Waals surface area (Å²) in [5.41, 5.74) is 0.931. The van der Waals surface area contributed by atoms with E-state index in [0.717, 1.165) is 32.7 Å². The zero-order valence-corrected chi connectivity index (χ0v) is 21.5. The molecule has 33 heavy (non-hydrogen) atoms. The first-order chi connectivity index (χ1) is 15.4. The molecule has 10 heteroatoms. The lowest BCUT2D eigenvalue weighted by molar-refractivity contribution is -0.139. The number of hydrogen-bond donors (Lipinski definition) is 1. The molecule has 2 aromatic carbocycles. The molecule has 0 aliphatic carbocycles. The van der Waals surface area contributed by atoms with E-state index in [0.29, 0.717) is 6.54 Å². The third kappa shape index (κ3) is 8.12. The number of nitrogens with one attached hydrogen (secondary N) is 1. The number of carbonyl (C=O) groups is 2. The zero-order chi connectivity index (χ0) is 24.8. The minimum atomic E-state index is -3.85. The van der Waals surface area contributed by atoms with Gasteiger partial charge in [-0.05, 0) is 54.8 Å². The molecular weight excluding hydrogens is 513 g/mol. The van der Waals surface area contributed by atoms with E-state index < -0.39 is 34.3 Å². The summed E-state index contributed by atoms with van der Waals surface area (Å²) in [6, 6.07) is 11.3. The molecule has 0 saturated heterocycles. The van der Waals surface area contributed by atoms with Crippen LogP contribution in [0.5, 0.6) is 0 Å². The standard InChI is InChI=1S/C23H29BrFN3O4S/c1-16(2)13-26-23(30)17(3)27(14-18-6-5-7-19(24)12-18)22(29)15-28(33(4,31)32)21-10-8-20(25)9-11-21/h5-12,16-17H,13-15H2,1-4H3,(H,26,30)/t17-/m0/s1. The smallest absolute Gasteiger partial charge is 0.244 e. The van der Waals surface area contributed by atoms with Crippen LogP contribution in [0.1, 0.15) is 26.3 Å². The Balaban J connectivity index is 2.35. The normalized spacial score (nSPS) is 12.3. The van der Waals surface area contributed by atoms with Crippen LogP contribution in [-0.4, -0.2) is 50.5 Å². The van der Waals surface area contributed by atoms with Crippen molar-refractivity contribution in [1.29, 1.82) is 0 Å². The summed E-state index contributed by atoms with van der Waals surface area (Å²) in [6.07, 6.45) is 0.973. The Bertz CT molecular complexity index is 1080. The Kier molecular flexibility index (Phi) is 9.42. The van der Waals surface area contributed by atoms with Gasteiger partial charge in [-0.2, -0.15) is 0 Å². The van der Waals surface area contributed by atoms with Crippen LogP contribution in [0.15, 0.2) is 53.0 Å². The van der Waals surface area contributed by atoms with Crippen molar-refractivity contribution in [3.8, 4) is 0 Å². The van der Waals surface area contributed by atoms with Crippen LogP contribution in [0.4, 0.5) is 10.1 Å². The van der Waals surface area contributed by atoms with E-state index in [1.807, 2.05) is 38.1 Å². The predicted molar refractivity (Wildman–Crippen MR) is 131 cm³/mol. The van der Waals surface area contributed by atoms with Crippen molar-refractivity contribution in [2.75, 3.05) is 23.7 Å². The lowest BCUT2D eigenvalue weighted by Crippen LogP contribution is -2.51. The number of carbonyl (C=O) groups excluding carboxylic acids is 2. The number of anilines is 1. The van der Waals surface area contributed by atoms with Crippen molar-refractivity contribution in [2.24, 2.45) is 5.92 Å². The Morgan fingerprint density at radius 2 is 1.73 bits per heavy atom. The van der Waals surface area contributed by atoms with E-state index >= 15 is 0 Å². The van der Waals surface area contributed by atoms with Crippen molar-refractivity contribution >= 4 is 43.5 Å². The van der Waals surface area contributed by atoms with Crippen molar-refractivity contribution in [3.63, 3.8) is 0 Å². The SMILES string of the molecule is CC(C)CNC(=O)[C@H](C)N(Cc1cccc(Br)c1)C(=O)CN(c1ccc(F)cc1)S(C)(=O)=O. The highest BCUT2D eigenvalue weighted by Gasteiger charge is 2.30. The summed E-state index contributed by atoms with van der Waals surface area (Å²) in [4.78, 5) is 27.5. The fourth-order valence-corrected chi connectivity index (χ4v) is 4.38. The van der Waals surface area contributed by atoms with Gasteiger partial charge in [0.25, 0.3) is 0 Å². The second-order valence-corrected chi connectivity index (χ2v) is 11.0. The van der Waals surface area contributed by atoms with Crippen LogP contribution in [0, 0.1) is 11.7 Å². The molecule has 0 aliphatic rings. The van der Waals surface area contributed by atoms with Gasteiger partial charge < -0.3 is 10.2 Å². The van der Waals surface area contributed by atoms with Gasteiger partial charge in [0.2, 0.25) is 21.8 Å². The molecular formula is C23H29BrFN3O4S. The molecule has 0 saturated carbocycles. The fourth-order valence-electron chi connectivity index (χ4n) is 3.09. The lowest BCUT2D eigenvalue weighted by Gasteiger charge is -2.31. The van der Waals surface area contributed by atoms with Gasteiger partial charge in [0.1, 0.15) is 18.4 Å². The van der Waals surface area contributed by atoms with Crippen molar-refractivity contribution in [1.82, 2.24) is 10.2 Å². The number of hydrogen-bond acceptors (Lipinski definition) is 4. The average Bonchev–Trinajstić information content (AvgIpc) is 2.73. The monoisotopic (exact) mass is 541 g/mol. The van der Waals surface area contributed by atoms with Gasteiger partial charge in [-0.3, -0.25) is 13.9 Å². The van der Waals surface area contributed by atoms with E-state index in [1.165, 1.54) is 17.0 Å². The highest BCUT2D eigenvalue weighted by molar-refractivity contribution is 9.10. The molecule has 2 rings (SSSR count). The Morgan fingerprint density at radius 3 is 2.27 bits per heavy atom. The topological polar surface area (TPSA) is 86.8 Å². The maximum absolute atomic E-state index is 13.4. The highest BCUT2D eigenvalue weighted by Crippen LogP contribution is 2.20. The van der Waals surface area contributed by atoms with E-state index in [1.54, 1.807) is 6.92 Å². The maximum atomic E-state index is 13.4. The van der Waals surface area contributed by atoms with Crippen LogP contribution in [0.3, 0.4) is 0 Å². The molecule has 2 aromatic rings. The first-order valence-corrected chi connectivity index (χ1v) is 13.1. The Labute approximate surface area is 203 Å². The second-order valence-electron chi connectivity index (χ2n) is 8.21. The molecule has 1 N–H and O–H groups in total. The molecule has 0 fully saturated rings. The quantitative estimate of drug-likeness (QED) is 0.498. The summed E-state index contributed by atoms with van der Waals surface area (Å²) in [7, 11) is -3.85. The van der Waals surface area contributed by atoms with Gasteiger partial charge in [0.15, 0.2) is 0 Å². The molecule has 0 spiro atoms. The number of benzene rings is 2. The lowest BCUT2D eigenvalue weighted by atomic mass is 10.1. The van der Waals surface area contributed by atoms with E-state index in [2.05, 4.69) is 21.2 Å². The number of sulfonamides is 1. The minimum absolute atomic E-state index is 0.107. The molecule has 0 aromatic heterocycles. The highest BCUT2D eigenvalue weighted by atomic mass is 79.9. The third-order valence-electron chi connectivity index (χ3n) is 4.89. The first kappa shape index (κ1) is 26.8. The number of nitrogens with zero attached hydrogens (tertiary/aromatic N) is 2. The number of halogens is 2. The van der Waals surface area contributed by atoms with Gasteiger partial charge in [-0.1, -0.05) is 41.9 Å². The van der Waals surface area contributed by atoms with Crippen LogP contribution < -0.4 is 9.62 Å².